The third kappa shape index (κ3) is 5.29. The quantitative estimate of drug-likeness (QED) is 0.614. The highest BCUT2D eigenvalue weighted by molar-refractivity contribution is 7.89. The predicted octanol–water partition coefficient (Wildman–Crippen LogP) is 2.57. The Morgan fingerprint density at radius 2 is 1.81 bits per heavy atom. The van der Waals surface area contributed by atoms with Crippen LogP contribution < -0.4 is 5.32 Å². The zero-order chi connectivity index (χ0) is 23.6. The molecule has 0 bridgehead atoms. The van der Waals surface area contributed by atoms with E-state index in [-0.39, 0.29) is 17.9 Å². The number of anilines is 1. The van der Waals surface area contributed by atoms with E-state index < -0.39 is 40.7 Å². The topological polar surface area (TPSA) is 113 Å². The van der Waals surface area contributed by atoms with Crippen LogP contribution in [0, 0.1) is 20.8 Å². The number of halogens is 1. The van der Waals surface area contributed by atoms with Crippen molar-refractivity contribution in [3.8, 4) is 0 Å². The van der Waals surface area contributed by atoms with Crippen molar-refractivity contribution in [1.29, 1.82) is 0 Å². The molecule has 1 amide bonds. The fraction of sp³-hybridized carbons (Fsp3) is 0.364. The van der Waals surface area contributed by atoms with Gasteiger partial charge in [0.1, 0.15) is 6.04 Å². The lowest BCUT2D eigenvalue weighted by molar-refractivity contribution is -0.150. The number of aryl methyl sites for hydroxylation is 3. The van der Waals surface area contributed by atoms with E-state index in [1.807, 2.05) is 13.8 Å². The van der Waals surface area contributed by atoms with Crippen molar-refractivity contribution in [3.63, 3.8) is 0 Å². The van der Waals surface area contributed by atoms with E-state index in [1.165, 1.54) is 12.1 Å². The number of carbonyl (C=O) groups is 2. The molecular formula is C22H25ClN2O6S. The summed E-state index contributed by atoms with van der Waals surface area (Å²) in [5, 5.41) is 13.1. The average Bonchev–Trinajstić information content (AvgIpc) is 3.13. The fourth-order valence-electron chi connectivity index (χ4n) is 3.37. The molecule has 0 radical (unpaired) electrons. The summed E-state index contributed by atoms with van der Waals surface area (Å²) >= 11 is 6.03. The standard InChI is InChI=1S/C22H25ClN2O6S/c1-13-5-7-18(8-15(13)3)32(29,30)25-11-17(26)10-20(25)22(28)31-12-21(27)24-16-6-4-14(2)19(23)9-16/h4-9,17,20,26H,10-12H2,1-3H3,(H,24,27)/t17?,20-/m0/s1. The van der Waals surface area contributed by atoms with Crippen LogP contribution in [0.3, 0.4) is 0 Å². The van der Waals surface area contributed by atoms with Gasteiger partial charge < -0.3 is 15.2 Å². The zero-order valence-corrected chi connectivity index (χ0v) is 19.5. The Balaban J connectivity index is 1.68. The molecule has 0 saturated carbocycles. The van der Waals surface area contributed by atoms with Crippen molar-refractivity contribution in [2.24, 2.45) is 0 Å². The molecular weight excluding hydrogens is 456 g/mol. The number of nitrogens with zero attached hydrogens (tertiary/aromatic N) is 1. The zero-order valence-electron chi connectivity index (χ0n) is 18.0. The van der Waals surface area contributed by atoms with Crippen molar-refractivity contribution >= 4 is 39.2 Å². The van der Waals surface area contributed by atoms with Gasteiger partial charge in [-0.2, -0.15) is 4.31 Å². The number of β-amino-alcohol motifs (C(OH)–C–C–N with tert-alkyl or cyclic N) is 1. The summed E-state index contributed by atoms with van der Waals surface area (Å²) < 4.78 is 32.2. The van der Waals surface area contributed by atoms with Crippen molar-refractivity contribution in [2.75, 3.05) is 18.5 Å². The molecule has 32 heavy (non-hydrogen) atoms. The van der Waals surface area contributed by atoms with Crippen molar-refractivity contribution in [1.82, 2.24) is 4.31 Å². The molecule has 0 spiro atoms. The SMILES string of the molecule is Cc1ccc(S(=O)(=O)N2CC(O)C[C@H]2C(=O)OCC(=O)Nc2ccc(C)c(Cl)c2)cc1C. The monoisotopic (exact) mass is 480 g/mol. The van der Waals surface area contributed by atoms with Crippen LogP contribution in [0.5, 0.6) is 0 Å². The molecule has 2 N–H and O–H groups in total. The number of esters is 1. The van der Waals surface area contributed by atoms with Gasteiger partial charge >= 0.3 is 5.97 Å². The summed E-state index contributed by atoms with van der Waals surface area (Å²) in [4.78, 5) is 24.8. The molecule has 1 saturated heterocycles. The molecule has 10 heteroatoms. The van der Waals surface area contributed by atoms with Crippen molar-refractivity contribution in [2.45, 2.75) is 44.2 Å². The van der Waals surface area contributed by atoms with Gasteiger partial charge in [0, 0.05) is 23.7 Å². The van der Waals surface area contributed by atoms with Gasteiger partial charge in [-0.25, -0.2) is 8.42 Å². The van der Waals surface area contributed by atoms with Gasteiger partial charge in [-0.05, 0) is 61.7 Å². The van der Waals surface area contributed by atoms with Crippen molar-refractivity contribution in [3.05, 3.63) is 58.1 Å². The highest BCUT2D eigenvalue weighted by Crippen LogP contribution is 2.28. The molecule has 2 atom stereocenters. The third-order valence-electron chi connectivity index (χ3n) is 5.39. The van der Waals surface area contributed by atoms with Crippen LogP contribution >= 0.6 is 11.6 Å². The number of amides is 1. The Hall–Kier alpha value is -2.46. The summed E-state index contributed by atoms with van der Waals surface area (Å²) in [6, 6.07) is 8.41. The minimum Gasteiger partial charge on any atom is -0.454 e. The highest BCUT2D eigenvalue weighted by atomic mass is 35.5. The Morgan fingerprint density at radius 1 is 1.12 bits per heavy atom. The predicted molar refractivity (Wildman–Crippen MR) is 120 cm³/mol. The Labute approximate surface area is 192 Å². The molecule has 1 heterocycles. The van der Waals surface area contributed by atoms with E-state index >= 15 is 0 Å². The van der Waals surface area contributed by atoms with E-state index in [1.54, 1.807) is 31.2 Å². The second kappa shape index (κ2) is 9.58. The second-order valence-corrected chi connectivity index (χ2v) is 10.1. The Morgan fingerprint density at radius 3 is 2.47 bits per heavy atom. The maximum absolute atomic E-state index is 13.1. The molecule has 0 aromatic heterocycles. The van der Waals surface area contributed by atoms with Crippen molar-refractivity contribution < 1.29 is 27.9 Å². The number of sulfonamides is 1. The van der Waals surface area contributed by atoms with E-state index in [0.29, 0.717) is 10.7 Å². The van der Waals surface area contributed by atoms with Crippen LogP contribution in [0.25, 0.3) is 0 Å². The van der Waals surface area contributed by atoms with E-state index in [4.69, 9.17) is 16.3 Å². The fourth-order valence-corrected chi connectivity index (χ4v) is 5.27. The number of ether oxygens (including phenoxy) is 1. The minimum absolute atomic E-state index is 0.0292. The molecule has 8 nitrogen and oxygen atoms in total. The number of nitrogens with one attached hydrogen (secondary N) is 1. The molecule has 1 aliphatic rings. The molecule has 3 rings (SSSR count). The van der Waals surface area contributed by atoms with Crippen LogP contribution in [0.15, 0.2) is 41.3 Å². The van der Waals surface area contributed by atoms with Gasteiger partial charge in [-0.1, -0.05) is 23.7 Å². The van der Waals surface area contributed by atoms with Gasteiger partial charge in [0.2, 0.25) is 10.0 Å². The van der Waals surface area contributed by atoms with Gasteiger partial charge in [-0.15, -0.1) is 0 Å². The van der Waals surface area contributed by atoms with E-state index in [0.717, 1.165) is 21.0 Å². The summed E-state index contributed by atoms with van der Waals surface area (Å²) in [7, 11) is -4.04. The summed E-state index contributed by atoms with van der Waals surface area (Å²) in [6.45, 7) is 4.64. The lowest BCUT2D eigenvalue weighted by atomic mass is 10.1. The molecule has 1 aliphatic heterocycles. The highest BCUT2D eigenvalue weighted by Gasteiger charge is 2.44. The number of aliphatic hydroxyl groups excluding tert-OH is 1. The lowest BCUT2D eigenvalue weighted by Gasteiger charge is -2.22. The van der Waals surface area contributed by atoms with Crippen LogP contribution in [-0.2, 0) is 24.3 Å². The first-order valence-corrected chi connectivity index (χ1v) is 11.8. The smallest absolute Gasteiger partial charge is 0.325 e. The van der Waals surface area contributed by atoms with Gasteiger partial charge in [0.25, 0.3) is 5.91 Å². The number of aliphatic hydroxyl groups is 1. The largest absolute Gasteiger partial charge is 0.454 e. The number of hydrogen-bond donors (Lipinski definition) is 2. The lowest BCUT2D eigenvalue weighted by Crippen LogP contribution is -2.42. The first-order valence-electron chi connectivity index (χ1n) is 9.99. The molecule has 1 fully saturated rings. The van der Waals surface area contributed by atoms with Gasteiger partial charge in [0.15, 0.2) is 6.61 Å². The third-order valence-corrected chi connectivity index (χ3v) is 7.67. The molecule has 172 valence electrons. The number of rotatable bonds is 6. The Bertz CT molecular complexity index is 1150. The maximum atomic E-state index is 13.1. The van der Waals surface area contributed by atoms with Crippen LogP contribution in [0.2, 0.25) is 5.02 Å². The molecule has 2 aromatic rings. The molecule has 0 aliphatic carbocycles. The summed E-state index contributed by atoms with van der Waals surface area (Å²) in [5.41, 5.74) is 3.01. The summed E-state index contributed by atoms with van der Waals surface area (Å²) in [5.74, 6) is -1.49. The first-order chi connectivity index (χ1) is 15.0. The van der Waals surface area contributed by atoms with Gasteiger partial charge in [0.05, 0.1) is 11.0 Å². The normalized spacial score (nSPS) is 19.0. The number of carbonyl (C=O) groups excluding carboxylic acids is 2. The average molecular weight is 481 g/mol. The van der Waals surface area contributed by atoms with Crippen LogP contribution in [-0.4, -0.2) is 55.0 Å². The van der Waals surface area contributed by atoms with E-state index in [9.17, 15) is 23.1 Å². The molecule has 2 aromatic carbocycles. The maximum Gasteiger partial charge on any atom is 0.325 e. The second-order valence-electron chi connectivity index (χ2n) is 7.85. The molecule has 1 unspecified atom stereocenters. The Kier molecular flexibility index (Phi) is 7.24. The van der Waals surface area contributed by atoms with Crippen LogP contribution in [0.1, 0.15) is 23.1 Å². The minimum atomic E-state index is -4.04. The number of benzene rings is 2. The van der Waals surface area contributed by atoms with Gasteiger partial charge in [-0.3, -0.25) is 9.59 Å². The first kappa shape index (κ1) is 24.2. The summed E-state index contributed by atoms with van der Waals surface area (Å²) in [6.07, 6.45) is -1.13. The number of hydrogen-bond acceptors (Lipinski definition) is 6. The van der Waals surface area contributed by atoms with E-state index in [2.05, 4.69) is 5.32 Å². The van der Waals surface area contributed by atoms with Crippen LogP contribution in [0.4, 0.5) is 5.69 Å².